The predicted octanol–water partition coefficient (Wildman–Crippen LogP) is 0.704. The maximum absolute atomic E-state index is 11.2. The molecule has 0 saturated carbocycles. The fraction of sp³-hybridized carbons (Fsp3) is 0.286. The molecule has 0 fully saturated rings. The van der Waals surface area contributed by atoms with Crippen molar-refractivity contribution in [3.05, 3.63) is 48.0 Å². The Morgan fingerprint density at radius 1 is 1.37 bits per heavy atom. The molecule has 0 heterocycles. The largest absolute Gasteiger partial charge is 0.480 e. The van der Waals surface area contributed by atoms with Crippen molar-refractivity contribution < 1.29 is 14.7 Å². The van der Waals surface area contributed by atoms with Gasteiger partial charge in [-0.15, -0.1) is 0 Å². The third kappa shape index (κ3) is 4.56. The molecule has 102 valence electrons. The first kappa shape index (κ1) is 14.9. The predicted molar refractivity (Wildman–Crippen MR) is 72.7 cm³/mol. The van der Waals surface area contributed by atoms with Crippen molar-refractivity contribution in [2.24, 2.45) is 0 Å². The smallest absolute Gasteiger partial charge is 0.326 e. The van der Waals surface area contributed by atoms with E-state index in [0.717, 1.165) is 17.2 Å². The van der Waals surface area contributed by atoms with Crippen LogP contribution in [0.3, 0.4) is 0 Å². The summed E-state index contributed by atoms with van der Waals surface area (Å²) < 4.78 is 0. The summed E-state index contributed by atoms with van der Waals surface area (Å²) in [5.41, 5.74) is 1.91. The van der Waals surface area contributed by atoms with Crippen LogP contribution in [0.1, 0.15) is 11.1 Å². The minimum atomic E-state index is -1.06. The first-order valence-electron chi connectivity index (χ1n) is 5.95. The Morgan fingerprint density at radius 2 is 2.00 bits per heavy atom. The minimum Gasteiger partial charge on any atom is -0.480 e. The fourth-order valence-corrected chi connectivity index (χ4v) is 1.77. The van der Waals surface area contributed by atoms with Gasteiger partial charge in [-0.1, -0.05) is 30.8 Å². The van der Waals surface area contributed by atoms with E-state index < -0.39 is 17.9 Å². The van der Waals surface area contributed by atoms with E-state index in [0.29, 0.717) is 6.54 Å². The lowest BCUT2D eigenvalue weighted by Crippen LogP contribution is -2.41. The van der Waals surface area contributed by atoms with Crippen LogP contribution in [0.25, 0.3) is 0 Å². The number of carboxylic acids is 1. The maximum atomic E-state index is 11.2. The van der Waals surface area contributed by atoms with Gasteiger partial charge in [0, 0.05) is 13.0 Å². The summed E-state index contributed by atoms with van der Waals surface area (Å²) in [6, 6.07) is 6.59. The summed E-state index contributed by atoms with van der Waals surface area (Å²) in [6.45, 7) is 3.96. The summed E-state index contributed by atoms with van der Waals surface area (Å²) >= 11 is 0. The molecule has 0 unspecified atom stereocenters. The van der Waals surface area contributed by atoms with E-state index in [-0.39, 0.29) is 6.42 Å². The van der Waals surface area contributed by atoms with Crippen LogP contribution < -0.4 is 10.6 Å². The van der Waals surface area contributed by atoms with E-state index in [4.69, 9.17) is 5.11 Å². The van der Waals surface area contributed by atoms with E-state index in [9.17, 15) is 9.59 Å². The van der Waals surface area contributed by atoms with Crippen LogP contribution >= 0.6 is 0 Å². The molecule has 0 aliphatic rings. The highest BCUT2D eigenvalue weighted by Crippen LogP contribution is 2.11. The minimum absolute atomic E-state index is 0.243. The molecule has 1 atom stereocenters. The van der Waals surface area contributed by atoms with Crippen molar-refractivity contribution in [3.8, 4) is 0 Å². The van der Waals surface area contributed by atoms with E-state index in [2.05, 4.69) is 17.2 Å². The normalized spacial score (nSPS) is 11.6. The third-order valence-electron chi connectivity index (χ3n) is 2.71. The molecule has 0 aromatic heterocycles. The summed E-state index contributed by atoms with van der Waals surface area (Å²) in [6.07, 6.45) is 1.31. The Morgan fingerprint density at radius 3 is 2.53 bits per heavy atom. The van der Waals surface area contributed by atoms with Crippen LogP contribution in [0, 0.1) is 0 Å². The Bertz CT molecular complexity index is 472. The van der Waals surface area contributed by atoms with Crippen LogP contribution in [0.5, 0.6) is 0 Å². The van der Waals surface area contributed by atoms with Gasteiger partial charge in [0.25, 0.3) is 0 Å². The Labute approximate surface area is 112 Å². The topological polar surface area (TPSA) is 78.4 Å². The Balaban J connectivity index is 2.87. The first-order valence-corrected chi connectivity index (χ1v) is 5.95. The van der Waals surface area contributed by atoms with Crippen LogP contribution in [0.15, 0.2) is 36.9 Å². The summed E-state index contributed by atoms with van der Waals surface area (Å²) in [5.74, 6) is -1.55. The molecule has 3 N–H and O–H groups in total. The van der Waals surface area contributed by atoms with Gasteiger partial charge in [0.2, 0.25) is 5.91 Å². The number of carboxylic acid groups (broad SMARTS) is 1. The van der Waals surface area contributed by atoms with Gasteiger partial charge in [0.1, 0.15) is 6.04 Å². The van der Waals surface area contributed by atoms with Crippen LogP contribution in [0.4, 0.5) is 0 Å². The van der Waals surface area contributed by atoms with E-state index in [1.54, 1.807) is 0 Å². The Hall–Kier alpha value is -2.14. The number of hydrogen-bond acceptors (Lipinski definition) is 3. The van der Waals surface area contributed by atoms with Crippen molar-refractivity contribution in [2.45, 2.75) is 19.0 Å². The molecule has 0 radical (unpaired) electrons. The van der Waals surface area contributed by atoms with Gasteiger partial charge in [0.15, 0.2) is 0 Å². The molecule has 0 bridgehead atoms. The van der Waals surface area contributed by atoms with Gasteiger partial charge < -0.3 is 15.7 Å². The number of hydrogen-bond donors (Lipinski definition) is 3. The molecule has 0 aliphatic carbocycles. The highest BCUT2D eigenvalue weighted by Gasteiger charge is 2.20. The van der Waals surface area contributed by atoms with Gasteiger partial charge >= 0.3 is 5.97 Å². The highest BCUT2D eigenvalue weighted by atomic mass is 16.4. The van der Waals surface area contributed by atoms with Crippen LogP contribution in [-0.2, 0) is 22.6 Å². The van der Waals surface area contributed by atoms with E-state index in [1.807, 2.05) is 31.3 Å². The van der Waals surface area contributed by atoms with Gasteiger partial charge in [-0.05, 0) is 24.3 Å². The van der Waals surface area contributed by atoms with Gasteiger partial charge in [-0.25, -0.2) is 4.79 Å². The van der Waals surface area contributed by atoms with Crippen molar-refractivity contribution in [3.63, 3.8) is 0 Å². The number of nitrogens with one attached hydrogen (secondary N) is 2. The average molecular weight is 262 g/mol. The molecule has 19 heavy (non-hydrogen) atoms. The molecule has 1 aromatic rings. The fourth-order valence-electron chi connectivity index (χ4n) is 1.77. The van der Waals surface area contributed by atoms with Crippen LogP contribution in [-0.4, -0.2) is 30.1 Å². The zero-order valence-electron chi connectivity index (χ0n) is 10.8. The lowest BCUT2D eigenvalue weighted by Gasteiger charge is -2.16. The van der Waals surface area contributed by atoms with Gasteiger partial charge in [0.05, 0.1) is 0 Å². The quantitative estimate of drug-likeness (QED) is 0.632. The zero-order chi connectivity index (χ0) is 14.3. The third-order valence-corrected chi connectivity index (χ3v) is 2.71. The second kappa shape index (κ2) is 7.33. The second-order valence-electron chi connectivity index (χ2n) is 4.11. The lowest BCUT2D eigenvalue weighted by molar-refractivity contribution is -0.141. The molecule has 0 saturated heterocycles. The summed E-state index contributed by atoms with van der Waals surface area (Å²) in [5, 5.41) is 14.6. The first-order chi connectivity index (χ1) is 9.08. The zero-order valence-corrected chi connectivity index (χ0v) is 10.8. The molecule has 1 aromatic carbocycles. The molecule has 1 rings (SSSR count). The SMILES string of the molecule is C=CC(=O)N[C@H](Cc1ccccc1CNC)C(=O)O. The monoisotopic (exact) mass is 262 g/mol. The summed E-state index contributed by atoms with van der Waals surface area (Å²) in [7, 11) is 1.82. The second-order valence-corrected chi connectivity index (χ2v) is 4.11. The molecule has 0 spiro atoms. The number of amides is 1. The molecule has 1 amide bonds. The highest BCUT2D eigenvalue weighted by molar-refractivity contribution is 5.90. The Kier molecular flexibility index (Phi) is 5.75. The number of benzene rings is 1. The lowest BCUT2D eigenvalue weighted by atomic mass is 10.00. The van der Waals surface area contributed by atoms with Crippen molar-refractivity contribution in [2.75, 3.05) is 7.05 Å². The number of aliphatic carboxylic acids is 1. The molecular weight excluding hydrogens is 244 g/mol. The van der Waals surface area contributed by atoms with Crippen LogP contribution in [0.2, 0.25) is 0 Å². The van der Waals surface area contributed by atoms with Crippen molar-refractivity contribution in [1.82, 2.24) is 10.6 Å². The number of carbonyl (C=O) groups is 2. The molecule has 0 aliphatic heterocycles. The average Bonchev–Trinajstić information content (AvgIpc) is 2.40. The molecule has 5 heteroatoms. The van der Waals surface area contributed by atoms with Gasteiger partial charge in [-0.2, -0.15) is 0 Å². The molecule has 5 nitrogen and oxygen atoms in total. The van der Waals surface area contributed by atoms with Crippen molar-refractivity contribution >= 4 is 11.9 Å². The number of carbonyl (C=O) groups excluding carboxylic acids is 1. The van der Waals surface area contributed by atoms with E-state index in [1.165, 1.54) is 0 Å². The van der Waals surface area contributed by atoms with E-state index >= 15 is 0 Å². The standard InChI is InChI=1S/C14H18N2O3/c1-3-13(17)16-12(14(18)19)8-10-6-4-5-7-11(10)9-15-2/h3-7,12,15H,1,8-9H2,2H3,(H,16,17)(H,18,19)/t12-/m1/s1. The molecular formula is C14H18N2O3. The van der Waals surface area contributed by atoms with Gasteiger partial charge in [-0.3, -0.25) is 4.79 Å². The van der Waals surface area contributed by atoms with Crippen molar-refractivity contribution in [1.29, 1.82) is 0 Å². The number of rotatable bonds is 7. The maximum Gasteiger partial charge on any atom is 0.326 e. The summed E-state index contributed by atoms with van der Waals surface area (Å²) in [4.78, 5) is 22.4.